The number of thiophene rings is 1. The molecular weight excluding hydrogens is 378 g/mol. The number of rotatable bonds is 6. The second-order valence-electron chi connectivity index (χ2n) is 7.49. The van der Waals surface area contributed by atoms with Gasteiger partial charge >= 0.3 is 0 Å². The molecule has 4 nitrogen and oxygen atoms in total. The molecule has 0 aliphatic heterocycles. The smallest absolute Gasteiger partial charge is 0.263 e. The van der Waals surface area contributed by atoms with E-state index in [1.54, 1.807) is 6.20 Å². The lowest BCUT2D eigenvalue weighted by Gasteiger charge is -2.15. The van der Waals surface area contributed by atoms with Crippen LogP contribution in [0.1, 0.15) is 40.0 Å². The lowest BCUT2D eigenvalue weighted by Crippen LogP contribution is -2.33. The van der Waals surface area contributed by atoms with E-state index in [4.69, 9.17) is 0 Å². The average Bonchev–Trinajstić information content (AvgIpc) is 3.26. The first-order valence-corrected chi connectivity index (χ1v) is 10.7. The normalized spacial score (nSPS) is 12.2. The van der Waals surface area contributed by atoms with E-state index in [0.717, 1.165) is 40.1 Å². The molecule has 0 saturated carbocycles. The van der Waals surface area contributed by atoms with Crippen LogP contribution in [0, 0.1) is 13.8 Å². The average molecular weight is 404 g/mol. The van der Waals surface area contributed by atoms with Gasteiger partial charge in [-0.25, -0.2) is 4.98 Å². The van der Waals surface area contributed by atoms with Crippen molar-refractivity contribution in [2.24, 2.45) is 0 Å². The Morgan fingerprint density at radius 1 is 1.07 bits per heavy atom. The minimum Gasteiger partial charge on any atom is -0.349 e. The first-order valence-electron chi connectivity index (χ1n) is 9.92. The minimum absolute atomic E-state index is 0.0314. The van der Waals surface area contributed by atoms with Gasteiger partial charge in [-0.1, -0.05) is 30.3 Å². The van der Waals surface area contributed by atoms with E-state index in [2.05, 4.69) is 72.0 Å². The largest absolute Gasteiger partial charge is 0.349 e. The zero-order chi connectivity index (χ0) is 20.4. The first kappa shape index (κ1) is 19.4. The van der Waals surface area contributed by atoms with Crippen LogP contribution < -0.4 is 5.32 Å². The van der Waals surface area contributed by atoms with Crippen molar-refractivity contribution < 1.29 is 4.79 Å². The Morgan fingerprint density at radius 3 is 2.52 bits per heavy atom. The molecule has 1 N–H and O–H groups in total. The van der Waals surface area contributed by atoms with Gasteiger partial charge in [0.25, 0.3) is 5.91 Å². The van der Waals surface area contributed by atoms with Gasteiger partial charge in [-0.15, -0.1) is 11.3 Å². The van der Waals surface area contributed by atoms with Gasteiger partial charge in [0.15, 0.2) is 0 Å². The highest BCUT2D eigenvalue weighted by atomic mass is 32.1. The fraction of sp³-hybridized carbons (Fsp3) is 0.250. The minimum atomic E-state index is -0.0314. The number of nitrogens with zero attached hydrogens (tertiary/aromatic N) is 2. The number of hydrogen-bond donors (Lipinski definition) is 1. The number of fused-ring (bicyclic) bond motifs is 1. The maximum absolute atomic E-state index is 13.2. The van der Waals surface area contributed by atoms with Crippen LogP contribution >= 0.6 is 11.3 Å². The number of benzene rings is 1. The highest BCUT2D eigenvalue weighted by Gasteiger charge is 2.23. The molecule has 0 radical (unpaired) electrons. The van der Waals surface area contributed by atoms with Crippen LogP contribution in [0.15, 0.2) is 60.8 Å². The summed E-state index contributed by atoms with van der Waals surface area (Å²) in [5, 5.41) is 4.21. The summed E-state index contributed by atoms with van der Waals surface area (Å²) in [4.78, 5) is 19.3. The summed E-state index contributed by atoms with van der Waals surface area (Å²) in [6.45, 7) is 6.20. The number of amides is 1. The summed E-state index contributed by atoms with van der Waals surface area (Å²) < 4.78 is 2.16. The maximum Gasteiger partial charge on any atom is 0.263 e. The molecule has 1 atom stereocenters. The van der Waals surface area contributed by atoms with Gasteiger partial charge in [0.1, 0.15) is 9.71 Å². The van der Waals surface area contributed by atoms with Gasteiger partial charge in [0, 0.05) is 29.0 Å². The maximum atomic E-state index is 13.2. The fourth-order valence-corrected chi connectivity index (χ4v) is 4.74. The first-order chi connectivity index (χ1) is 14.0. The van der Waals surface area contributed by atoms with Gasteiger partial charge in [-0.3, -0.25) is 4.79 Å². The number of pyridine rings is 1. The van der Waals surface area contributed by atoms with Crippen molar-refractivity contribution in [1.29, 1.82) is 0 Å². The van der Waals surface area contributed by atoms with E-state index >= 15 is 0 Å². The number of carbonyl (C=O) groups is 1. The lowest BCUT2D eigenvalue weighted by atomic mass is 10.1. The summed E-state index contributed by atoms with van der Waals surface area (Å²) in [5.41, 5.74) is 4.44. The van der Waals surface area contributed by atoms with Crippen LogP contribution in [0.5, 0.6) is 0 Å². The third-order valence-electron chi connectivity index (χ3n) is 5.23. The number of carbonyl (C=O) groups excluding carboxylic acids is 1. The second-order valence-corrected chi connectivity index (χ2v) is 8.49. The van der Waals surface area contributed by atoms with E-state index in [9.17, 15) is 4.79 Å². The fourth-order valence-electron chi connectivity index (χ4n) is 3.71. The molecular formula is C24H25N3OS. The molecule has 148 valence electrons. The molecule has 1 aromatic carbocycles. The van der Waals surface area contributed by atoms with Crippen molar-refractivity contribution in [2.75, 3.05) is 0 Å². The van der Waals surface area contributed by atoms with Gasteiger partial charge in [0.2, 0.25) is 0 Å². The third-order valence-corrected chi connectivity index (χ3v) is 6.33. The quantitative estimate of drug-likeness (QED) is 0.465. The standard InChI is InChI=1S/C24H25N3OS/c1-16(11-14-19-8-5-4-6-9-19)26-23(28)22-21(27-17(2)12-13-18(27)3)20-10-7-15-25-24(20)29-22/h4-10,12-13,15-16H,11,14H2,1-3H3,(H,26,28). The molecule has 0 saturated heterocycles. The van der Waals surface area contributed by atoms with Crippen LogP contribution in [-0.2, 0) is 6.42 Å². The third kappa shape index (κ3) is 3.96. The summed E-state index contributed by atoms with van der Waals surface area (Å²) in [6, 6.07) is 18.6. The summed E-state index contributed by atoms with van der Waals surface area (Å²) in [5.74, 6) is -0.0314. The van der Waals surface area contributed by atoms with E-state index in [1.165, 1.54) is 16.9 Å². The predicted octanol–water partition coefficient (Wildman–Crippen LogP) is 5.45. The Labute approximate surface area is 175 Å². The van der Waals surface area contributed by atoms with E-state index in [0.29, 0.717) is 4.88 Å². The van der Waals surface area contributed by atoms with Crippen LogP contribution in [0.3, 0.4) is 0 Å². The second kappa shape index (κ2) is 8.21. The lowest BCUT2D eigenvalue weighted by molar-refractivity contribution is 0.0942. The summed E-state index contributed by atoms with van der Waals surface area (Å²) >= 11 is 1.46. The number of nitrogens with one attached hydrogen (secondary N) is 1. The van der Waals surface area contributed by atoms with Crippen LogP contribution in [-0.4, -0.2) is 21.5 Å². The molecule has 1 unspecified atom stereocenters. The SMILES string of the molecule is Cc1ccc(C)n1-c1c(C(=O)NC(C)CCc2ccccc2)sc2ncccc12. The predicted molar refractivity (Wildman–Crippen MR) is 120 cm³/mol. The van der Waals surface area contributed by atoms with Crippen molar-refractivity contribution in [3.63, 3.8) is 0 Å². The zero-order valence-electron chi connectivity index (χ0n) is 17.0. The zero-order valence-corrected chi connectivity index (χ0v) is 17.8. The van der Waals surface area contributed by atoms with Gasteiger partial charge < -0.3 is 9.88 Å². The van der Waals surface area contributed by atoms with Crippen LogP contribution in [0.4, 0.5) is 0 Å². The molecule has 4 rings (SSSR count). The molecule has 0 fully saturated rings. The summed E-state index contributed by atoms with van der Waals surface area (Å²) in [6.07, 6.45) is 3.62. The van der Waals surface area contributed by atoms with Gasteiger partial charge in [-0.2, -0.15) is 0 Å². The van der Waals surface area contributed by atoms with Crippen LogP contribution in [0.2, 0.25) is 0 Å². The molecule has 5 heteroatoms. The molecule has 0 bridgehead atoms. The monoisotopic (exact) mass is 403 g/mol. The molecule has 0 aliphatic rings. The molecule has 29 heavy (non-hydrogen) atoms. The Hall–Kier alpha value is -2.92. The van der Waals surface area contributed by atoms with Crippen molar-refractivity contribution in [1.82, 2.24) is 14.9 Å². The highest BCUT2D eigenvalue weighted by Crippen LogP contribution is 2.35. The van der Waals surface area contributed by atoms with Gasteiger partial charge in [0.05, 0.1) is 5.69 Å². The number of aromatic nitrogens is 2. The van der Waals surface area contributed by atoms with Gasteiger partial charge in [-0.05, 0) is 63.4 Å². The Kier molecular flexibility index (Phi) is 5.49. The Morgan fingerprint density at radius 2 is 1.79 bits per heavy atom. The molecule has 1 amide bonds. The van der Waals surface area contributed by atoms with Crippen molar-refractivity contribution in [3.05, 3.63) is 82.6 Å². The molecule has 4 aromatic rings. The van der Waals surface area contributed by atoms with Crippen molar-refractivity contribution in [3.8, 4) is 5.69 Å². The van der Waals surface area contributed by atoms with Crippen molar-refractivity contribution in [2.45, 2.75) is 39.7 Å². The van der Waals surface area contributed by atoms with E-state index in [1.807, 2.05) is 18.2 Å². The van der Waals surface area contributed by atoms with Crippen molar-refractivity contribution >= 4 is 27.5 Å². The highest BCUT2D eigenvalue weighted by molar-refractivity contribution is 7.21. The molecule has 3 aromatic heterocycles. The van der Waals surface area contributed by atoms with E-state index < -0.39 is 0 Å². The topological polar surface area (TPSA) is 46.9 Å². The Balaban J connectivity index is 1.61. The summed E-state index contributed by atoms with van der Waals surface area (Å²) in [7, 11) is 0. The number of hydrogen-bond acceptors (Lipinski definition) is 3. The van der Waals surface area contributed by atoms with Crippen LogP contribution in [0.25, 0.3) is 15.9 Å². The molecule has 0 spiro atoms. The molecule has 3 heterocycles. The molecule has 0 aliphatic carbocycles. The number of aryl methyl sites for hydroxylation is 3. The Bertz CT molecular complexity index is 1120. The van der Waals surface area contributed by atoms with E-state index in [-0.39, 0.29) is 11.9 Å².